The number of para-hydroxylation sites is 2. The highest BCUT2D eigenvalue weighted by atomic mass is 16.5. The molecule has 5 heteroatoms. The first kappa shape index (κ1) is 18.2. The van der Waals surface area contributed by atoms with Gasteiger partial charge in [0.1, 0.15) is 5.75 Å². The second-order valence-electron chi connectivity index (χ2n) is 5.96. The van der Waals surface area contributed by atoms with E-state index >= 15 is 0 Å². The lowest BCUT2D eigenvalue weighted by molar-refractivity contribution is -0.118. The van der Waals surface area contributed by atoms with Crippen LogP contribution in [0.3, 0.4) is 0 Å². The lowest BCUT2D eigenvalue weighted by Gasteiger charge is -2.12. The topological polar surface area (TPSA) is 67.4 Å². The van der Waals surface area contributed by atoms with Crippen molar-refractivity contribution in [3.63, 3.8) is 0 Å². The number of carbonyl (C=O) groups excluding carboxylic acids is 2. The Balaban J connectivity index is 1.58. The van der Waals surface area contributed by atoms with Crippen molar-refractivity contribution in [2.24, 2.45) is 0 Å². The number of rotatable bonds is 6. The number of ether oxygens (including phenoxy) is 1. The maximum absolute atomic E-state index is 12.2. The fraction of sp³-hybridized carbons (Fsp3) is 0.0909. The van der Waals surface area contributed by atoms with Crippen LogP contribution in [0, 0.1) is 0 Å². The summed E-state index contributed by atoms with van der Waals surface area (Å²) in [5.41, 5.74) is 3.42. The van der Waals surface area contributed by atoms with E-state index in [9.17, 15) is 9.59 Å². The van der Waals surface area contributed by atoms with Gasteiger partial charge in [-0.2, -0.15) is 0 Å². The molecule has 0 saturated heterocycles. The van der Waals surface area contributed by atoms with Crippen LogP contribution in [0.1, 0.15) is 6.92 Å². The van der Waals surface area contributed by atoms with Crippen LogP contribution in [0.5, 0.6) is 5.75 Å². The number of nitrogens with one attached hydrogen (secondary N) is 2. The molecule has 3 aromatic carbocycles. The lowest BCUT2D eigenvalue weighted by Crippen LogP contribution is -2.20. The van der Waals surface area contributed by atoms with Gasteiger partial charge in [-0.15, -0.1) is 0 Å². The van der Waals surface area contributed by atoms with Crippen LogP contribution in [0.4, 0.5) is 11.4 Å². The highest BCUT2D eigenvalue weighted by molar-refractivity contribution is 5.93. The van der Waals surface area contributed by atoms with Gasteiger partial charge >= 0.3 is 0 Å². The molecule has 0 bridgehead atoms. The summed E-state index contributed by atoms with van der Waals surface area (Å²) in [5, 5.41) is 5.47. The van der Waals surface area contributed by atoms with E-state index in [4.69, 9.17) is 4.74 Å². The van der Waals surface area contributed by atoms with Crippen molar-refractivity contribution in [1.29, 1.82) is 0 Å². The summed E-state index contributed by atoms with van der Waals surface area (Å²) in [4.78, 5) is 23.4. The number of anilines is 2. The molecule has 0 unspecified atom stereocenters. The van der Waals surface area contributed by atoms with E-state index in [1.807, 2.05) is 54.6 Å². The van der Waals surface area contributed by atoms with Gasteiger partial charge < -0.3 is 15.4 Å². The van der Waals surface area contributed by atoms with Gasteiger partial charge in [0, 0.05) is 12.6 Å². The minimum Gasteiger partial charge on any atom is -0.482 e. The molecule has 0 fully saturated rings. The Morgan fingerprint density at radius 1 is 0.778 bits per heavy atom. The third-order valence-corrected chi connectivity index (χ3v) is 3.83. The third kappa shape index (κ3) is 5.19. The number of carbonyl (C=O) groups is 2. The summed E-state index contributed by atoms with van der Waals surface area (Å²) in [6, 6.07) is 24.6. The van der Waals surface area contributed by atoms with Crippen LogP contribution in [0.25, 0.3) is 11.1 Å². The molecule has 0 radical (unpaired) electrons. The van der Waals surface area contributed by atoms with Gasteiger partial charge in [-0.1, -0.05) is 54.6 Å². The molecule has 0 spiro atoms. The summed E-state index contributed by atoms with van der Waals surface area (Å²) in [7, 11) is 0. The molecule has 0 aliphatic carbocycles. The molecular formula is C22H20N2O3. The second-order valence-corrected chi connectivity index (χ2v) is 5.96. The number of hydrogen-bond acceptors (Lipinski definition) is 3. The minimum atomic E-state index is -0.278. The van der Waals surface area contributed by atoms with E-state index in [0.717, 1.165) is 11.1 Å². The van der Waals surface area contributed by atoms with Crippen molar-refractivity contribution in [3.05, 3.63) is 78.9 Å². The Kier molecular flexibility index (Phi) is 5.84. The summed E-state index contributed by atoms with van der Waals surface area (Å²) < 4.78 is 5.54. The van der Waals surface area contributed by atoms with E-state index in [-0.39, 0.29) is 18.4 Å². The molecule has 2 amide bonds. The van der Waals surface area contributed by atoms with Crippen LogP contribution in [-0.2, 0) is 9.59 Å². The van der Waals surface area contributed by atoms with E-state index < -0.39 is 0 Å². The molecule has 0 aliphatic rings. The van der Waals surface area contributed by atoms with Crippen LogP contribution in [0.15, 0.2) is 78.9 Å². The predicted molar refractivity (Wildman–Crippen MR) is 107 cm³/mol. The van der Waals surface area contributed by atoms with Crippen molar-refractivity contribution in [1.82, 2.24) is 0 Å². The monoisotopic (exact) mass is 360 g/mol. The van der Waals surface area contributed by atoms with Crippen molar-refractivity contribution in [2.45, 2.75) is 6.92 Å². The molecule has 0 atom stereocenters. The maximum atomic E-state index is 12.2. The Hall–Kier alpha value is -3.60. The zero-order chi connectivity index (χ0) is 19.1. The summed E-state index contributed by atoms with van der Waals surface area (Å²) in [6.07, 6.45) is 0. The predicted octanol–water partition coefficient (Wildman–Crippen LogP) is 4.33. The zero-order valence-electron chi connectivity index (χ0n) is 14.9. The standard InChI is InChI=1S/C22H20N2O3/c1-16(25)23-20-9-5-6-10-21(20)27-15-22(26)24-19-13-11-18(12-14-19)17-7-3-2-4-8-17/h2-14H,15H2,1H3,(H,23,25)(H,24,26). The van der Waals surface area contributed by atoms with Gasteiger partial charge in [0.25, 0.3) is 5.91 Å². The molecule has 2 N–H and O–H groups in total. The highest BCUT2D eigenvalue weighted by Gasteiger charge is 2.08. The van der Waals surface area contributed by atoms with Crippen molar-refractivity contribution in [3.8, 4) is 16.9 Å². The normalized spacial score (nSPS) is 10.1. The van der Waals surface area contributed by atoms with Gasteiger partial charge in [-0.05, 0) is 35.4 Å². The fourth-order valence-electron chi connectivity index (χ4n) is 2.60. The van der Waals surface area contributed by atoms with Crippen LogP contribution in [0.2, 0.25) is 0 Å². The molecular weight excluding hydrogens is 340 g/mol. The van der Waals surface area contributed by atoms with Gasteiger partial charge in [-0.3, -0.25) is 9.59 Å². The Morgan fingerprint density at radius 2 is 1.41 bits per heavy atom. The van der Waals surface area contributed by atoms with Crippen LogP contribution in [-0.4, -0.2) is 18.4 Å². The maximum Gasteiger partial charge on any atom is 0.262 e. The number of hydrogen-bond donors (Lipinski definition) is 2. The molecule has 0 aromatic heterocycles. The first-order valence-electron chi connectivity index (χ1n) is 8.56. The Labute approximate surface area is 158 Å². The van der Waals surface area contributed by atoms with Crippen molar-refractivity contribution >= 4 is 23.2 Å². The smallest absolute Gasteiger partial charge is 0.262 e. The summed E-state index contributed by atoms with van der Waals surface area (Å²) in [5.74, 6) is -0.0311. The number of amides is 2. The molecule has 27 heavy (non-hydrogen) atoms. The SMILES string of the molecule is CC(=O)Nc1ccccc1OCC(=O)Nc1ccc(-c2ccccc2)cc1. The average Bonchev–Trinajstić information content (AvgIpc) is 2.68. The highest BCUT2D eigenvalue weighted by Crippen LogP contribution is 2.24. The number of benzene rings is 3. The van der Waals surface area contributed by atoms with E-state index in [1.54, 1.807) is 24.3 Å². The Morgan fingerprint density at radius 3 is 2.11 bits per heavy atom. The quantitative estimate of drug-likeness (QED) is 0.687. The van der Waals surface area contributed by atoms with Gasteiger partial charge in [0.15, 0.2) is 6.61 Å². The van der Waals surface area contributed by atoms with Crippen LogP contribution < -0.4 is 15.4 Å². The molecule has 0 saturated carbocycles. The Bertz CT molecular complexity index is 922. The second kappa shape index (κ2) is 8.67. The van der Waals surface area contributed by atoms with E-state index in [0.29, 0.717) is 17.1 Å². The van der Waals surface area contributed by atoms with E-state index in [1.165, 1.54) is 6.92 Å². The fourth-order valence-corrected chi connectivity index (χ4v) is 2.60. The third-order valence-electron chi connectivity index (χ3n) is 3.83. The zero-order valence-corrected chi connectivity index (χ0v) is 14.9. The molecule has 0 aliphatic heterocycles. The van der Waals surface area contributed by atoms with Gasteiger partial charge in [0.2, 0.25) is 5.91 Å². The molecule has 3 rings (SSSR count). The van der Waals surface area contributed by atoms with Gasteiger partial charge in [0.05, 0.1) is 5.69 Å². The molecule has 5 nitrogen and oxygen atoms in total. The first-order valence-corrected chi connectivity index (χ1v) is 8.56. The summed E-state index contributed by atoms with van der Waals surface area (Å²) >= 11 is 0. The van der Waals surface area contributed by atoms with Gasteiger partial charge in [-0.25, -0.2) is 0 Å². The molecule has 0 heterocycles. The molecule has 3 aromatic rings. The van der Waals surface area contributed by atoms with Crippen LogP contribution >= 0.6 is 0 Å². The minimum absolute atomic E-state index is 0.156. The van der Waals surface area contributed by atoms with Crippen molar-refractivity contribution in [2.75, 3.05) is 17.2 Å². The summed E-state index contributed by atoms with van der Waals surface area (Å²) in [6.45, 7) is 1.26. The van der Waals surface area contributed by atoms with E-state index in [2.05, 4.69) is 10.6 Å². The van der Waals surface area contributed by atoms with Crippen molar-refractivity contribution < 1.29 is 14.3 Å². The first-order chi connectivity index (χ1) is 13.1. The molecule has 136 valence electrons. The lowest BCUT2D eigenvalue weighted by atomic mass is 10.1. The average molecular weight is 360 g/mol. The largest absolute Gasteiger partial charge is 0.482 e.